The fourth-order valence-corrected chi connectivity index (χ4v) is 2.76. The number of hydrogen-bond acceptors (Lipinski definition) is 1. The number of halogens is 4. The van der Waals surface area contributed by atoms with Crippen LogP contribution in [0.2, 0.25) is 20.1 Å². The molecular weight excluding hydrogens is 342 g/mol. The molecule has 6 heteroatoms. The molecule has 1 N–H and O–H groups in total. The molecule has 0 spiro atoms. The van der Waals surface area contributed by atoms with Crippen LogP contribution in [0, 0.1) is 0 Å². The zero-order chi connectivity index (χ0) is 14.9. The molecule has 2 aromatic rings. The molecule has 0 heterocycles. The van der Waals surface area contributed by atoms with E-state index < -0.39 is 5.97 Å². The lowest BCUT2D eigenvalue weighted by Gasteiger charge is -2.11. The van der Waals surface area contributed by atoms with Crippen LogP contribution >= 0.6 is 46.4 Å². The van der Waals surface area contributed by atoms with Gasteiger partial charge in [0.15, 0.2) is 0 Å². The number of carboxylic acids is 1. The van der Waals surface area contributed by atoms with Gasteiger partial charge in [-0.2, -0.15) is 0 Å². The topological polar surface area (TPSA) is 37.3 Å². The van der Waals surface area contributed by atoms with Gasteiger partial charge in [-0.25, -0.2) is 0 Å². The second kappa shape index (κ2) is 6.23. The van der Waals surface area contributed by atoms with Crippen molar-refractivity contribution in [2.24, 2.45) is 0 Å². The van der Waals surface area contributed by atoms with E-state index in [4.69, 9.17) is 51.5 Å². The summed E-state index contributed by atoms with van der Waals surface area (Å²) in [6.07, 6.45) is -0.161. The lowest BCUT2D eigenvalue weighted by Crippen LogP contribution is -2.01. The molecule has 2 nitrogen and oxygen atoms in total. The third-order valence-corrected chi connectivity index (χ3v) is 4.20. The zero-order valence-electron chi connectivity index (χ0n) is 9.96. The first kappa shape index (κ1) is 15.5. The second-order valence-corrected chi connectivity index (χ2v) is 5.69. The Kier molecular flexibility index (Phi) is 4.82. The van der Waals surface area contributed by atoms with Crippen molar-refractivity contribution >= 4 is 52.4 Å². The molecule has 0 aliphatic carbocycles. The Morgan fingerprint density at radius 1 is 0.950 bits per heavy atom. The maximum Gasteiger partial charge on any atom is 0.307 e. The lowest BCUT2D eigenvalue weighted by atomic mass is 10.0. The van der Waals surface area contributed by atoms with Crippen LogP contribution in [0.15, 0.2) is 30.3 Å². The molecule has 104 valence electrons. The maximum atomic E-state index is 10.8. The van der Waals surface area contributed by atoms with E-state index in [0.29, 0.717) is 36.8 Å². The van der Waals surface area contributed by atoms with Crippen LogP contribution in [0.3, 0.4) is 0 Å². The van der Waals surface area contributed by atoms with Gasteiger partial charge in [0.25, 0.3) is 0 Å². The van der Waals surface area contributed by atoms with E-state index in [1.165, 1.54) is 6.07 Å². The number of carbonyl (C=O) groups is 1. The van der Waals surface area contributed by atoms with Gasteiger partial charge in [-0.05, 0) is 17.7 Å². The summed E-state index contributed by atoms with van der Waals surface area (Å²) in [4.78, 5) is 10.8. The lowest BCUT2D eigenvalue weighted by molar-refractivity contribution is -0.136. The Bertz CT molecular complexity index is 683. The number of hydrogen-bond donors (Lipinski definition) is 1. The number of benzene rings is 2. The third-order valence-electron chi connectivity index (χ3n) is 2.72. The first-order valence-corrected chi connectivity index (χ1v) is 7.05. The first-order valence-electron chi connectivity index (χ1n) is 5.54. The van der Waals surface area contributed by atoms with Gasteiger partial charge in [0.05, 0.1) is 26.5 Å². The van der Waals surface area contributed by atoms with E-state index in [9.17, 15) is 4.79 Å². The van der Waals surface area contributed by atoms with Gasteiger partial charge in [-0.15, -0.1) is 0 Å². The molecule has 0 aliphatic rings. The van der Waals surface area contributed by atoms with Crippen LogP contribution in [-0.4, -0.2) is 11.1 Å². The Hall–Kier alpha value is -0.930. The summed E-state index contributed by atoms with van der Waals surface area (Å²) < 4.78 is 0. The van der Waals surface area contributed by atoms with Gasteiger partial charge >= 0.3 is 5.97 Å². The van der Waals surface area contributed by atoms with E-state index in [2.05, 4.69) is 0 Å². The molecule has 2 aromatic carbocycles. The number of carboxylic acid groups (broad SMARTS) is 1. The van der Waals surface area contributed by atoms with Crippen LogP contribution in [0.5, 0.6) is 0 Å². The van der Waals surface area contributed by atoms with Crippen molar-refractivity contribution in [1.82, 2.24) is 0 Å². The smallest absolute Gasteiger partial charge is 0.307 e. The Balaban J connectivity index is 2.59. The van der Waals surface area contributed by atoms with E-state index in [1.807, 2.05) is 0 Å². The van der Waals surface area contributed by atoms with Crippen LogP contribution in [0.1, 0.15) is 5.56 Å². The summed E-state index contributed by atoms with van der Waals surface area (Å²) in [6, 6.07) is 8.27. The summed E-state index contributed by atoms with van der Waals surface area (Å²) in [6.45, 7) is 0. The normalized spacial score (nSPS) is 10.6. The standard InChI is InChI=1S/C14H8Cl4O2/c15-10-6-12(17)11(16)5-9(10)8-3-1-2-7(14(8)18)4-13(19)20/h1-3,5-6H,4H2,(H,19,20). The number of aliphatic carboxylic acids is 1. The number of rotatable bonds is 3. The minimum Gasteiger partial charge on any atom is -0.481 e. The monoisotopic (exact) mass is 348 g/mol. The zero-order valence-corrected chi connectivity index (χ0v) is 13.0. The molecule has 0 atom stereocenters. The summed E-state index contributed by atoms with van der Waals surface area (Å²) in [5.74, 6) is -0.954. The summed E-state index contributed by atoms with van der Waals surface area (Å²) in [5, 5.41) is 10.3. The highest BCUT2D eigenvalue weighted by Crippen LogP contribution is 2.39. The highest BCUT2D eigenvalue weighted by Gasteiger charge is 2.14. The largest absolute Gasteiger partial charge is 0.481 e. The van der Waals surface area contributed by atoms with Crippen molar-refractivity contribution in [3.8, 4) is 11.1 Å². The SMILES string of the molecule is O=C(O)Cc1cccc(-c2cc(Cl)c(Cl)cc2Cl)c1Cl. The van der Waals surface area contributed by atoms with Gasteiger partial charge in [-0.3, -0.25) is 4.79 Å². The highest BCUT2D eigenvalue weighted by molar-refractivity contribution is 6.44. The van der Waals surface area contributed by atoms with Crippen LogP contribution < -0.4 is 0 Å². The fourth-order valence-electron chi connectivity index (χ4n) is 1.82. The van der Waals surface area contributed by atoms with Crippen LogP contribution in [0.25, 0.3) is 11.1 Å². The molecule has 0 aliphatic heterocycles. The molecule has 0 saturated carbocycles. The van der Waals surface area contributed by atoms with Crippen LogP contribution in [-0.2, 0) is 11.2 Å². The van der Waals surface area contributed by atoms with Gasteiger partial charge < -0.3 is 5.11 Å². The van der Waals surface area contributed by atoms with E-state index >= 15 is 0 Å². The minimum absolute atomic E-state index is 0.161. The minimum atomic E-state index is -0.954. The molecule has 0 aromatic heterocycles. The van der Waals surface area contributed by atoms with Gasteiger partial charge in [-0.1, -0.05) is 64.6 Å². The molecular formula is C14H8Cl4O2. The average Bonchev–Trinajstić information content (AvgIpc) is 2.36. The molecule has 0 amide bonds. The molecule has 20 heavy (non-hydrogen) atoms. The Labute approximate surface area is 135 Å². The first-order chi connectivity index (χ1) is 9.40. The van der Waals surface area contributed by atoms with Crippen LogP contribution in [0.4, 0.5) is 0 Å². The third kappa shape index (κ3) is 3.21. The predicted molar refractivity (Wildman–Crippen MR) is 83.3 cm³/mol. The molecule has 0 saturated heterocycles. The molecule has 0 radical (unpaired) electrons. The Morgan fingerprint density at radius 3 is 2.25 bits per heavy atom. The van der Waals surface area contributed by atoms with Crippen molar-refractivity contribution < 1.29 is 9.90 Å². The average molecular weight is 350 g/mol. The molecule has 0 bridgehead atoms. The van der Waals surface area contributed by atoms with E-state index in [1.54, 1.807) is 24.3 Å². The summed E-state index contributed by atoms with van der Waals surface area (Å²) in [7, 11) is 0. The summed E-state index contributed by atoms with van der Waals surface area (Å²) >= 11 is 24.3. The van der Waals surface area contributed by atoms with E-state index in [0.717, 1.165) is 0 Å². The highest BCUT2D eigenvalue weighted by atomic mass is 35.5. The van der Waals surface area contributed by atoms with Crippen molar-refractivity contribution in [2.75, 3.05) is 0 Å². The van der Waals surface area contributed by atoms with Crippen molar-refractivity contribution in [3.63, 3.8) is 0 Å². The Morgan fingerprint density at radius 2 is 1.60 bits per heavy atom. The van der Waals surface area contributed by atoms with E-state index in [-0.39, 0.29) is 6.42 Å². The molecule has 0 unspecified atom stereocenters. The molecule has 0 fully saturated rings. The van der Waals surface area contributed by atoms with Gasteiger partial charge in [0.2, 0.25) is 0 Å². The maximum absolute atomic E-state index is 10.8. The predicted octanol–water partition coefficient (Wildman–Crippen LogP) is 5.59. The van der Waals surface area contributed by atoms with Crippen molar-refractivity contribution in [3.05, 3.63) is 56.0 Å². The fraction of sp³-hybridized carbons (Fsp3) is 0.0714. The molecule has 2 rings (SSSR count). The quantitative estimate of drug-likeness (QED) is 0.733. The van der Waals surface area contributed by atoms with Crippen molar-refractivity contribution in [2.45, 2.75) is 6.42 Å². The van der Waals surface area contributed by atoms with Gasteiger partial charge in [0, 0.05) is 11.1 Å². The second-order valence-electron chi connectivity index (χ2n) is 4.10. The van der Waals surface area contributed by atoms with Gasteiger partial charge in [0.1, 0.15) is 0 Å². The summed E-state index contributed by atoms with van der Waals surface area (Å²) in [5.41, 5.74) is 1.74. The van der Waals surface area contributed by atoms with Crippen molar-refractivity contribution in [1.29, 1.82) is 0 Å².